The topological polar surface area (TPSA) is 38.8 Å². The van der Waals surface area contributed by atoms with Gasteiger partial charge in [-0.1, -0.05) is 32.2 Å². The summed E-state index contributed by atoms with van der Waals surface area (Å²) in [4.78, 5) is 2.39. The van der Waals surface area contributed by atoms with E-state index in [9.17, 15) is 4.57 Å². The van der Waals surface area contributed by atoms with E-state index in [0.717, 1.165) is 38.6 Å². The smallest absolute Gasteiger partial charge is 0.262 e. The van der Waals surface area contributed by atoms with Gasteiger partial charge in [-0.3, -0.25) is 9.46 Å². The van der Waals surface area contributed by atoms with Crippen LogP contribution in [0.2, 0.25) is 0 Å². The summed E-state index contributed by atoms with van der Waals surface area (Å²) in [5, 5.41) is 0. The van der Waals surface area contributed by atoms with Gasteiger partial charge in [0, 0.05) is 25.4 Å². The van der Waals surface area contributed by atoms with Crippen LogP contribution in [-0.2, 0) is 13.8 Å². The highest BCUT2D eigenvalue weighted by Crippen LogP contribution is 2.79. The van der Waals surface area contributed by atoms with Crippen molar-refractivity contribution in [2.45, 2.75) is 52.8 Å². The third-order valence-electron chi connectivity index (χ3n) is 4.82. The fraction of sp³-hybridized carbons (Fsp3) is 1.00. The van der Waals surface area contributed by atoms with Crippen LogP contribution in [0.25, 0.3) is 0 Å². The molecular weight excluding hydrogens is 317 g/mol. The van der Waals surface area contributed by atoms with Crippen molar-refractivity contribution in [1.29, 1.82) is 0 Å². The lowest BCUT2D eigenvalue weighted by molar-refractivity contribution is 0.0410. The van der Waals surface area contributed by atoms with Gasteiger partial charge in [0.1, 0.15) is 0 Å². The lowest BCUT2D eigenvalue weighted by Crippen LogP contribution is -2.37. The molecule has 0 spiro atoms. The Kier molecular flexibility index (Phi) is 5.77. The zero-order chi connectivity index (χ0) is 16.6. The van der Waals surface area contributed by atoms with Crippen LogP contribution in [-0.4, -0.2) is 54.8 Å². The van der Waals surface area contributed by atoms with Gasteiger partial charge in [0.2, 0.25) is 0 Å². The molecule has 1 heterocycles. The van der Waals surface area contributed by atoms with E-state index in [0.29, 0.717) is 5.92 Å². The second-order valence-corrected chi connectivity index (χ2v) is 12.9. The maximum absolute atomic E-state index is 13.6. The standard InChI is InChI=1S/C16H32NO3PS/c1-13-14(16(13,5)6)21(18,20-15(2,3)4)22-12-9-17-7-10-19-11-8-17/h13-14H,7-12H2,1-6H3. The Hall–Kier alpha value is 0.460. The maximum atomic E-state index is 13.6. The molecule has 130 valence electrons. The highest BCUT2D eigenvalue weighted by Gasteiger charge is 2.65. The van der Waals surface area contributed by atoms with Gasteiger partial charge in [-0.25, -0.2) is 0 Å². The Labute approximate surface area is 139 Å². The Bertz CT molecular complexity index is 430. The summed E-state index contributed by atoms with van der Waals surface area (Å²) in [7, 11) is 0. The second-order valence-electron chi connectivity index (χ2n) is 8.09. The molecule has 2 aliphatic rings. The molecule has 3 unspecified atom stereocenters. The monoisotopic (exact) mass is 349 g/mol. The van der Waals surface area contributed by atoms with Crippen molar-refractivity contribution >= 4 is 18.0 Å². The minimum Gasteiger partial charge on any atom is -0.379 e. The first-order valence-electron chi connectivity index (χ1n) is 8.31. The van der Waals surface area contributed by atoms with Gasteiger partial charge in [0.25, 0.3) is 6.57 Å². The zero-order valence-corrected chi connectivity index (χ0v) is 16.6. The Morgan fingerprint density at radius 1 is 1.32 bits per heavy atom. The summed E-state index contributed by atoms with van der Waals surface area (Å²) in [6, 6.07) is 0. The highest BCUT2D eigenvalue weighted by molar-refractivity contribution is 8.56. The van der Waals surface area contributed by atoms with Gasteiger partial charge in [0.15, 0.2) is 0 Å². The Morgan fingerprint density at radius 3 is 2.32 bits per heavy atom. The fourth-order valence-corrected chi connectivity index (χ4v) is 10.5. The van der Waals surface area contributed by atoms with E-state index >= 15 is 0 Å². The van der Waals surface area contributed by atoms with Gasteiger partial charge >= 0.3 is 0 Å². The van der Waals surface area contributed by atoms with Crippen LogP contribution in [0, 0.1) is 11.3 Å². The summed E-state index contributed by atoms with van der Waals surface area (Å²) >= 11 is 1.57. The van der Waals surface area contributed by atoms with Crippen LogP contribution < -0.4 is 0 Å². The van der Waals surface area contributed by atoms with E-state index < -0.39 is 6.57 Å². The lowest BCUT2D eigenvalue weighted by atomic mass is 10.1. The number of morpholine rings is 1. The fourth-order valence-electron chi connectivity index (χ4n) is 3.21. The number of hydrogen-bond donors (Lipinski definition) is 0. The molecule has 2 rings (SSSR count). The summed E-state index contributed by atoms with van der Waals surface area (Å²) in [5.74, 6) is 1.34. The third kappa shape index (κ3) is 4.51. The molecule has 0 aromatic rings. The number of nitrogens with zero attached hydrogens (tertiary/aromatic N) is 1. The van der Waals surface area contributed by atoms with Gasteiger partial charge in [-0.2, -0.15) is 0 Å². The molecule has 2 fully saturated rings. The van der Waals surface area contributed by atoms with Crippen LogP contribution in [0.4, 0.5) is 0 Å². The summed E-state index contributed by atoms with van der Waals surface area (Å²) in [6.07, 6.45) is 0. The zero-order valence-electron chi connectivity index (χ0n) is 14.9. The number of ether oxygens (including phenoxy) is 1. The van der Waals surface area contributed by atoms with Crippen LogP contribution in [0.1, 0.15) is 41.5 Å². The Morgan fingerprint density at radius 2 is 1.86 bits per heavy atom. The first kappa shape index (κ1) is 18.8. The largest absolute Gasteiger partial charge is 0.379 e. The molecule has 0 amide bonds. The molecule has 1 aliphatic carbocycles. The molecule has 0 bridgehead atoms. The lowest BCUT2D eigenvalue weighted by Gasteiger charge is -2.30. The first-order chi connectivity index (χ1) is 10.1. The van der Waals surface area contributed by atoms with E-state index in [2.05, 4.69) is 25.7 Å². The van der Waals surface area contributed by atoms with Crippen LogP contribution in [0.5, 0.6) is 0 Å². The molecule has 4 nitrogen and oxygen atoms in total. The third-order valence-corrected chi connectivity index (χ3v) is 10.7. The van der Waals surface area contributed by atoms with Crippen molar-refractivity contribution < 1.29 is 13.8 Å². The molecule has 0 radical (unpaired) electrons. The average Bonchev–Trinajstić information content (AvgIpc) is 2.88. The molecule has 1 saturated carbocycles. The molecule has 3 atom stereocenters. The van der Waals surface area contributed by atoms with E-state index in [1.54, 1.807) is 11.4 Å². The summed E-state index contributed by atoms with van der Waals surface area (Å²) in [6.45, 7) is 14.5. The molecule has 1 aliphatic heterocycles. The average molecular weight is 349 g/mol. The van der Waals surface area contributed by atoms with Crippen molar-refractivity contribution in [1.82, 2.24) is 4.90 Å². The molecule has 6 heteroatoms. The van der Waals surface area contributed by atoms with E-state index in [1.165, 1.54) is 0 Å². The van der Waals surface area contributed by atoms with E-state index in [4.69, 9.17) is 9.26 Å². The SMILES string of the molecule is CC1C(P(=O)(OC(C)(C)C)SCCN2CCOCC2)C1(C)C. The van der Waals surface area contributed by atoms with Crippen molar-refractivity contribution in [3.8, 4) is 0 Å². The van der Waals surface area contributed by atoms with Gasteiger partial charge in [0.05, 0.1) is 24.5 Å². The number of rotatable bonds is 6. The summed E-state index contributed by atoms with van der Waals surface area (Å²) < 4.78 is 25.1. The minimum absolute atomic E-state index is 0.132. The minimum atomic E-state index is -2.69. The maximum Gasteiger partial charge on any atom is 0.262 e. The highest BCUT2D eigenvalue weighted by atomic mass is 32.7. The van der Waals surface area contributed by atoms with Crippen molar-refractivity contribution in [2.24, 2.45) is 11.3 Å². The Balaban J connectivity index is 1.95. The first-order valence-corrected chi connectivity index (χ1v) is 11.6. The van der Waals surface area contributed by atoms with Gasteiger partial charge in [-0.15, -0.1) is 0 Å². The van der Waals surface area contributed by atoms with E-state index in [1.807, 2.05) is 20.8 Å². The predicted octanol–water partition coefficient (Wildman–Crippen LogP) is 4.10. The molecule has 0 N–H and O–H groups in total. The second kappa shape index (κ2) is 6.76. The predicted molar refractivity (Wildman–Crippen MR) is 94.9 cm³/mol. The van der Waals surface area contributed by atoms with Crippen molar-refractivity contribution in [3.05, 3.63) is 0 Å². The van der Waals surface area contributed by atoms with Crippen LogP contribution in [0.3, 0.4) is 0 Å². The normalized spacial score (nSPS) is 31.7. The van der Waals surface area contributed by atoms with Crippen molar-refractivity contribution in [3.63, 3.8) is 0 Å². The van der Waals surface area contributed by atoms with Crippen LogP contribution in [0.15, 0.2) is 0 Å². The summed E-state index contributed by atoms with van der Waals surface area (Å²) in [5.41, 5.74) is -0.0407. The van der Waals surface area contributed by atoms with Gasteiger partial charge in [-0.05, 0) is 32.1 Å². The molecule has 22 heavy (non-hydrogen) atoms. The molecular formula is C16H32NO3PS. The van der Waals surface area contributed by atoms with Crippen LogP contribution >= 0.6 is 18.0 Å². The van der Waals surface area contributed by atoms with Crippen molar-refractivity contribution in [2.75, 3.05) is 38.6 Å². The van der Waals surface area contributed by atoms with E-state index in [-0.39, 0.29) is 16.7 Å². The quantitative estimate of drug-likeness (QED) is 0.675. The number of hydrogen-bond acceptors (Lipinski definition) is 5. The van der Waals surface area contributed by atoms with Gasteiger partial charge < -0.3 is 9.26 Å². The molecule has 0 aromatic carbocycles. The molecule has 0 aromatic heterocycles. The molecule has 1 saturated heterocycles.